The monoisotopic (exact) mass is 537 g/mol. The van der Waals surface area contributed by atoms with Gasteiger partial charge in [0.2, 0.25) is 21.8 Å². The van der Waals surface area contributed by atoms with Gasteiger partial charge in [-0.05, 0) is 66.4 Å². The van der Waals surface area contributed by atoms with E-state index in [4.69, 9.17) is 9.47 Å². The fourth-order valence-electron chi connectivity index (χ4n) is 4.46. The van der Waals surface area contributed by atoms with Gasteiger partial charge in [0.25, 0.3) is 0 Å². The number of rotatable bonds is 10. The third kappa shape index (κ3) is 6.32. The summed E-state index contributed by atoms with van der Waals surface area (Å²) in [6, 6.07) is 20.2. The second-order valence-electron chi connectivity index (χ2n) is 9.00. The maximum Gasteiger partial charge on any atom is 0.245 e. The number of ether oxygens (including phenoxy) is 2. The van der Waals surface area contributed by atoms with Crippen LogP contribution in [0.15, 0.2) is 72.8 Å². The van der Waals surface area contributed by atoms with Gasteiger partial charge in [0.15, 0.2) is 0 Å². The molecule has 2 amide bonds. The van der Waals surface area contributed by atoms with Crippen molar-refractivity contribution < 1.29 is 27.5 Å². The van der Waals surface area contributed by atoms with Crippen molar-refractivity contribution in [3.63, 3.8) is 0 Å². The van der Waals surface area contributed by atoms with E-state index in [9.17, 15) is 18.0 Å². The first-order valence-corrected chi connectivity index (χ1v) is 13.8. The Hall–Kier alpha value is -3.89. The summed E-state index contributed by atoms with van der Waals surface area (Å²) >= 11 is 0. The number of nitrogens with one attached hydrogen (secondary N) is 1. The van der Waals surface area contributed by atoms with Crippen molar-refractivity contribution in [1.29, 1.82) is 0 Å². The van der Waals surface area contributed by atoms with Gasteiger partial charge in [0, 0.05) is 25.0 Å². The average molecular weight is 538 g/mol. The molecule has 0 radical (unpaired) electrons. The summed E-state index contributed by atoms with van der Waals surface area (Å²) in [5, 5.41) is 0. The minimum absolute atomic E-state index is 0.125. The first-order valence-electron chi connectivity index (χ1n) is 12.1. The van der Waals surface area contributed by atoms with Crippen molar-refractivity contribution in [1.82, 2.24) is 4.72 Å². The number of methoxy groups -OCH3 is 2. The number of amides is 2. The number of sulfonamides is 1. The van der Waals surface area contributed by atoms with Crippen molar-refractivity contribution >= 4 is 33.2 Å². The first kappa shape index (κ1) is 27.2. The maximum atomic E-state index is 13.5. The second-order valence-corrected chi connectivity index (χ2v) is 10.8. The van der Waals surface area contributed by atoms with E-state index in [-0.39, 0.29) is 6.42 Å². The molecule has 0 saturated heterocycles. The first-order chi connectivity index (χ1) is 18.2. The highest BCUT2D eigenvalue weighted by Crippen LogP contribution is 2.31. The van der Waals surface area contributed by atoms with Crippen LogP contribution in [0.4, 0.5) is 11.4 Å². The van der Waals surface area contributed by atoms with Crippen molar-refractivity contribution in [2.75, 3.05) is 43.4 Å². The van der Waals surface area contributed by atoms with E-state index in [2.05, 4.69) is 4.72 Å². The van der Waals surface area contributed by atoms with Gasteiger partial charge in [-0.2, -0.15) is 0 Å². The minimum atomic E-state index is -4.16. The Morgan fingerprint density at radius 1 is 0.974 bits per heavy atom. The van der Waals surface area contributed by atoms with Crippen molar-refractivity contribution in [3.8, 4) is 11.5 Å². The van der Waals surface area contributed by atoms with Gasteiger partial charge in [-0.3, -0.25) is 9.59 Å². The molecule has 3 aromatic rings. The largest absolute Gasteiger partial charge is 0.497 e. The summed E-state index contributed by atoms with van der Waals surface area (Å²) in [6.45, 7) is 0.378. The normalized spacial score (nSPS) is 13.5. The molecule has 1 heterocycles. The van der Waals surface area contributed by atoms with E-state index in [0.29, 0.717) is 35.8 Å². The highest BCUT2D eigenvalue weighted by molar-refractivity contribution is 7.90. The Morgan fingerprint density at radius 3 is 2.29 bits per heavy atom. The maximum absolute atomic E-state index is 13.5. The predicted molar refractivity (Wildman–Crippen MR) is 146 cm³/mol. The average Bonchev–Trinajstić information content (AvgIpc) is 3.35. The van der Waals surface area contributed by atoms with E-state index in [0.717, 1.165) is 11.1 Å². The number of hydrogen-bond acceptors (Lipinski definition) is 6. The van der Waals surface area contributed by atoms with E-state index >= 15 is 0 Å². The molecular weight excluding hydrogens is 506 g/mol. The summed E-state index contributed by atoms with van der Waals surface area (Å²) in [7, 11) is 0.538. The highest BCUT2D eigenvalue weighted by atomic mass is 32.2. The van der Waals surface area contributed by atoms with E-state index in [1.807, 2.05) is 36.4 Å². The summed E-state index contributed by atoms with van der Waals surface area (Å²) < 4.78 is 39.3. The van der Waals surface area contributed by atoms with Gasteiger partial charge in [-0.25, -0.2) is 13.1 Å². The molecule has 10 heteroatoms. The van der Waals surface area contributed by atoms with Crippen LogP contribution in [0.1, 0.15) is 11.1 Å². The number of nitrogens with zero attached hydrogens (tertiary/aromatic N) is 2. The number of fused-ring (bicyclic) bond motifs is 1. The van der Waals surface area contributed by atoms with Gasteiger partial charge in [-0.1, -0.05) is 30.3 Å². The Kier molecular flexibility index (Phi) is 8.33. The number of carbonyl (C=O) groups is 2. The smallest absolute Gasteiger partial charge is 0.245 e. The number of carbonyl (C=O) groups excluding carboxylic acids is 2. The summed E-state index contributed by atoms with van der Waals surface area (Å²) in [6.07, 6.45) is 0.730. The minimum Gasteiger partial charge on any atom is -0.497 e. The zero-order valence-corrected chi connectivity index (χ0v) is 22.4. The molecule has 3 aromatic carbocycles. The van der Waals surface area contributed by atoms with Crippen LogP contribution in [0.5, 0.6) is 11.5 Å². The standard InChI is InChI=1S/C28H31N3O6S/c1-30(22-9-11-23(36-2)12-10-22)28(33)25(17-20-7-5-4-6-8-20)29-38(34,35)19-27(32)31-16-15-21-18-24(37-3)13-14-26(21)31/h4-14,18,25,29H,15-17,19H2,1-3H3/t25-/m0/s1. The van der Waals surface area contributed by atoms with E-state index in [1.165, 1.54) is 9.80 Å². The molecule has 9 nitrogen and oxygen atoms in total. The lowest BCUT2D eigenvalue weighted by atomic mass is 10.1. The predicted octanol–water partition coefficient (Wildman–Crippen LogP) is 2.79. The topological polar surface area (TPSA) is 105 Å². The van der Waals surface area contributed by atoms with Crippen molar-refractivity contribution in [3.05, 3.63) is 83.9 Å². The van der Waals surface area contributed by atoms with Gasteiger partial charge in [-0.15, -0.1) is 0 Å². The Bertz CT molecular complexity index is 1390. The SMILES string of the molecule is COc1ccc(N(C)C(=O)[C@H](Cc2ccccc2)NS(=O)(=O)CC(=O)N2CCc3cc(OC)ccc32)cc1. The van der Waals surface area contributed by atoms with Gasteiger partial charge < -0.3 is 19.3 Å². The Labute approximate surface area is 223 Å². The number of likely N-dealkylation sites (N-methyl/N-ethyl adjacent to an activating group) is 1. The third-order valence-corrected chi connectivity index (χ3v) is 7.76. The van der Waals surface area contributed by atoms with Gasteiger partial charge in [0.1, 0.15) is 23.3 Å². The summed E-state index contributed by atoms with van der Waals surface area (Å²) in [4.78, 5) is 29.4. The molecule has 0 aliphatic carbocycles. The molecule has 38 heavy (non-hydrogen) atoms. The number of benzene rings is 3. The molecule has 200 valence electrons. The molecule has 0 spiro atoms. The lowest BCUT2D eigenvalue weighted by molar-refractivity contribution is -0.120. The lowest BCUT2D eigenvalue weighted by Crippen LogP contribution is -2.50. The van der Waals surface area contributed by atoms with Crippen LogP contribution in [0.3, 0.4) is 0 Å². The molecule has 0 bridgehead atoms. The fraction of sp³-hybridized carbons (Fsp3) is 0.286. The molecule has 0 saturated carbocycles. The molecular formula is C28H31N3O6S. The zero-order valence-electron chi connectivity index (χ0n) is 21.6. The van der Waals surface area contributed by atoms with Crippen LogP contribution < -0.4 is 24.0 Å². The molecule has 1 aliphatic heterocycles. The number of hydrogen-bond donors (Lipinski definition) is 1. The van der Waals surface area contributed by atoms with Crippen LogP contribution in [-0.4, -0.2) is 59.8 Å². The molecule has 0 unspecified atom stereocenters. The molecule has 4 rings (SSSR count). The van der Waals surface area contributed by atoms with Crippen LogP contribution in [0.2, 0.25) is 0 Å². The zero-order chi connectivity index (χ0) is 27.3. The van der Waals surface area contributed by atoms with Crippen LogP contribution in [0.25, 0.3) is 0 Å². The quantitative estimate of drug-likeness (QED) is 0.427. The molecule has 0 aromatic heterocycles. The lowest BCUT2D eigenvalue weighted by Gasteiger charge is -2.25. The van der Waals surface area contributed by atoms with Crippen molar-refractivity contribution in [2.24, 2.45) is 0 Å². The van der Waals surface area contributed by atoms with Gasteiger partial charge in [0.05, 0.1) is 14.2 Å². The molecule has 0 fully saturated rings. The summed E-state index contributed by atoms with van der Waals surface area (Å²) in [5.41, 5.74) is 2.95. The third-order valence-electron chi connectivity index (χ3n) is 6.49. The van der Waals surface area contributed by atoms with Gasteiger partial charge >= 0.3 is 0 Å². The van der Waals surface area contributed by atoms with Crippen LogP contribution in [-0.2, 0) is 32.5 Å². The Morgan fingerprint density at radius 2 is 1.63 bits per heavy atom. The molecule has 1 atom stereocenters. The second kappa shape index (κ2) is 11.7. The fourth-order valence-corrected chi connectivity index (χ4v) is 5.64. The van der Waals surface area contributed by atoms with Crippen LogP contribution in [0, 0.1) is 0 Å². The Balaban J connectivity index is 1.52. The number of anilines is 2. The highest BCUT2D eigenvalue weighted by Gasteiger charge is 2.32. The van der Waals surface area contributed by atoms with E-state index < -0.39 is 33.6 Å². The molecule has 1 aliphatic rings. The van der Waals surface area contributed by atoms with E-state index in [1.54, 1.807) is 57.7 Å². The summed E-state index contributed by atoms with van der Waals surface area (Å²) in [5.74, 6) is -0.472. The van der Waals surface area contributed by atoms with Crippen LogP contribution >= 0.6 is 0 Å². The molecule has 1 N–H and O–H groups in total. The van der Waals surface area contributed by atoms with Crippen molar-refractivity contribution in [2.45, 2.75) is 18.9 Å².